The van der Waals surface area contributed by atoms with E-state index in [1.54, 1.807) is 24.5 Å². The highest BCUT2D eigenvalue weighted by Gasteiger charge is 2.23. The SMILES string of the molecule is CCNC(=NCc1ccnc(N(C)C)c1)NCC(C)(O)c1ccsc1. The molecule has 2 aromatic heterocycles. The smallest absolute Gasteiger partial charge is 0.191 e. The van der Waals surface area contributed by atoms with E-state index in [2.05, 4.69) is 20.6 Å². The number of rotatable bonds is 7. The van der Waals surface area contributed by atoms with Crippen LogP contribution in [-0.2, 0) is 12.1 Å². The summed E-state index contributed by atoms with van der Waals surface area (Å²) in [6.45, 7) is 5.50. The third-order valence-corrected chi connectivity index (χ3v) is 4.46. The molecule has 0 aliphatic rings. The molecular formula is C18H27N5OS. The second-order valence-corrected chi connectivity index (χ2v) is 7.03. The maximum atomic E-state index is 10.6. The maximum absolute atomic E-state index is 10.6. The number of aliphatic imine (C=N–C) groups is 1. The molecule has 0 amide bonds. The Balaban J connectivity index is 2.02. The fourth-order valence-electron chi connectivity index (χ4n) is 2.24. The molecule has 136 valence electrons. The van der Waals surface area contributed by atoms with E-state index in [1.807, 2.05) is 54.9 Å². The molecule has 0 bridgehead atoms. The molecule has 25 heavy (non-hydrogen) atoms. The van der Waals surface area contributed by atoms with Crippen LogP contribution in [0.25, 0.3) is 0 Å². The van der Waals surface area contributed by atoms with E-state index < -0.39 is 5.60 Å². The lowest BCUT2D eigenvalue weighted by Gasteiger charge is -2.24. The average Bonchev–Trinajstić information content (AvgIpc) is 3.13. The summed E-state index contributed by atoms with van der Waals surface area (Å²) in [5.74, 6) is 1.59. The van der Waals surface area contributed by atoms with Gasteiger partial charge in [0.2, 0.25) is 0 Å². The van der Waals surface area contributed by atoms with Crippen LogP contribution in [0.5, 0.6) is 0 Å². The van der Waals surface area contributed by atoms with Gasteiger partial charge in [-0.2, -0.15) is 11.3 Å². The van der Waals surface area contributed by atoms with Crippen molar-refractivity contribution in [2.75, 3.05) is 32.1 Å². The van der Waals surface area contributed by atoms with Gasteiger partial charge < -0.3 is 20.6 Å². The number of hydrogen-bond donors (Lipinski definition) is 3. The molecule has 0 saturated carbocycles. The van der Waals surface area contributed by atoms with Gasteiger partial charge in [0.05, 0.1) is 13.1 Å². The lowest BCUT2D eigenvalue weighted by molar-refractivity contribution is 0.0621. The lowest BCUT2D eigenvalue weighted by Crippen LogP contribution is -2.44. The molecule has 1 atom stereocenters. The molecule has 0 saturated heterocycles. The Kier molecular flexibility index (Phi) is 6.78. The molecule has 2 rings (SSSR count). The molecule has 2 heterocycles. The Morgan fingerprint density at radius 3 is 2.80 bits per heavy atom. The van der Waals surface area contributed by atoms with E-state index in [0.717, 1.165) is 23.5 Å². The van der Waals surface area contributed by atoms with Crippen molar-refractivity contribution >= 4 is 23.1 Å². The molecule has 2 aromatic rings. The molecular weight excluding hydrogens is 334 g/mol. The normalized spacial score (nSPS) is 14.0. The number of pyridine rings is 1. The third kappa shape index (κ3) is 5.72. The highest BCUT2D eigenvalue weighted by Crippen LogP contribution is 2.21. The molecule has 3 N–H and O–H groups in total. The summed E-state index contributed by atoms with van der Waals surface area (Å²) in [4.78, 5) is 10.9. The molecule has 1 unspecified atom stereocenters. The monoisotopic (exact) mass is 361 g/mol. The Labute approximate surface area is 153 Å². The van der Waals surface area contributed by atoms with Crippen LogP contribution in [0.3, 0.4) is 0 Å². The molecule has 0 spiro atoms. The van der Waals surface area contributed by atoms with Gasteiger partial charge in [-0.3, -0.25) is 0 Å². The Bertz CT molecular complexity index is 683. The van der Waals surface area contributed by atoms with Crippen LogP contribution in [0.1, 0.15) is 25.0 Å². The average molecular weight is 362 g/mol. The summed E-state index contributed by atoms with van der Waals surface area (Å²) in [5.41, 5.74) is 1.05. The first-order chi connectivity index (χ1) is 11.9. The standard InChI is InChI=1S/C18H27N5OS/c1-5-19-17(22-13-18(2,24)15-7-9-25-12-15)21-11-14-6-8-20-16(10-14)23(3)4/h6-10,12,24H,5,11,13H2,1-4H3,(H2,19,21,22). The van der Waals surface area contributed by atoms with Gasteiger partial charge in [-0.1, -0.05) is 0 Å². The van der Waals surface area contributed by atoms with Crippen LogP contribution in [-0.4, -0.2) is 43.2 Å². The van der Waals surface area contributed by atoms with Crippen LogP contribution in [0.2, 0.25) is 0 Å². The van der Waals surface area contributed by atoms with Gasteiger partial charge >= 0.3 is 0 Å². The highest BCUT2D eigenvalue weighted by molar-refractivity contribution is 7.08. The van der Waals surface area contributed by atoms with E-state index >= 15 is 0 Å². The van der Waals surface area contributed by atoms with Crippen molar-refractivity contribution < 1.29 is 5.11 Å². The molecule has 7 heteroatoms. The number of aliphatic hydroxyl groups is 1. The van der Waals surface area contributed by atoms with Crippen molar-refractivity contribution in [2.45, 2.75) is 26.0 Å². The zero-order valence-corrected chi connectivity index (χ0v) is 16.1. The van der Waals surface area contributed by atoms with Gasteiger partial charge in [-0.05, 0) is 53.9 Å². The zero-order chi connectivity index (χ0) is 18.3. The Morgan fingerprint density at radius 1 is 1.36 bits per heavy atom. The fraction of sp³-hybridized carbons (Fsp3) is 0.444. The number of thiophene rings is 1. The van der Waals surface area contributed by atoms with Crippen LogP contribution in [0.4, 0.5) is 5.82 Å². The Hall–Kier alpha value is -2.12. The van der Waals surface area contributed by atoms with E-state index in [-0.39, 0.29) is 0 Å². The minimum Gasteiger partial charge on any atom is -0.384 e. The fourth-order valence-corrected chi connectivity index (χ4v) is 3.03. The molecule has 0 aliphatic carbocycles. The molecule has 0 aromatic carbocycles. The van der Waals surface area contributed by atoms with Gasteiger partial charge in [0.15, 0.2) is 5.96 Å². The summed E-state index contributed by atoms with van der Waals surface area (Å²) < 4.78 is 0. The maximum Gasteiger partial charge on any atom is 0.191 e. The number of aromatic nitrogens is 1. The van der Waals surface area contributed by atoms with Crippen molar-refractivity contribution in [2.24, 2.45) is 4.99 Å². The number of nitrogens with zero attached hydrogens (tertiary/aromatic N) is 3. The molecule has 0 radical (unpaired) electrons. The van der Waals surface area contributed by atoms with Crippen molar-refractivity contribution in [3.63, 3.8) is 0 Å². The third-order valence-electron chi connectivity index (χ3n) is 3.78. The second-order valence-electron chi connectivity index (χ2n) is 6.25. The number of guanidine groups is 1. The number of hydrogen-bond acceptors (Lipinski definition) is 5. The van der Waals surface area contributed by atoms with Crippen LogP contribution >= 0.6 is 11.3 Å². The first-order valence-corrected chi connectivity index (χ1v) is 9.26. The number of nitrogens with one attached hydrogen (secondary N) is 2. The van der Waals surface area contributed by atoms with Crippen LogP contribution in [0.15, 0.2) is 40.1 Å². The summed E-state index contributed by atoms with van der Waals surface area (Å²) in [7, 11) is 3.93. The first kappa shape index (κ1) is 19.2. The van der Waals surface area contributed by atoms with E-state index in [0.29, 0.717) is 19.0 Å². The van der Waals surface area contributed by atoms with Gasteiger partial charge in [-0.15, -0.1) is 0 Å². The van der Waals surface area contributed by atoms with Gasteiger partial charge in [-0.25, -0.2) is 9.98 Å². The van der Waals surface area contributed by atoms with Crippen LogP contribution < -0.4 is 15.5 Å². The largest absolute Gasteiger partial charge is 0.384 e. The number of anilines is 1. The van der Waals surface area contributed by atoms with Crippen LogP contribution in [0, 0.1) is 0 Å². The van der Waals surface area contributed by atoms with Crippen molar-refractivity contribution in [3.05, 3.63) is 46.3 Å². The first-order valence-electron chi connectivity index (χ1n) is 8.32. The Morgan fingerprint density at radius 2 is 2.16 bits per heavy atom. The predicted molar refractivity (Wildman–Crippen MR) is 105 cm³/mol. The van der Waals surface area contributed by atoms with E-state index in [4.69, 9.17) is 0 Å². The van der Waals surface area contributed by atoms with Gasteiger partial charge in [0.1, 0.15) is 11.4 Å². The summed E-state index contributed by atoms with van der Waals surface area (Å²) in [6, 6.07) is 5.92. The van der Waals surface area contributed by atoms with Crippen molar-refractivity contribution in [3.8, 4) is 0 Å². The van der Waals surface area contributed by atoms with E-state index in [1.165, 1.54) is 0 Å². The second kappa shape index (κ2) is 8.82. The highest BCUT2D eigenvalue weighted by atomic mass is 32.1. The molecule has 0 fully saturated rings. The molecule has 0 aliphatic heterocycles. The minimum absolute atomic E-state index is 0.384. The quantitative estimate of drug-likeness (QED) is 0.521. The lowest BCUT2D eigenvalue weighted by atomic mass is 9.99. The van der Waals surface area contributed by atoms with Crippen molar-refractivity contribution in [1.82, 2.24) is 15.6 Å². The summed E-state index contributed by atoms with van der Waals surface area (Å²) in [5, 5.41) is 21.0. The summed E-state index contributed by atoms with van der Waals surface area (Å²) >= 11 is 1.58. The molecule has 6 nitrogen and oxygen atoms in total. The zero-order valence-electron chi connectivity index (χ0n) is 15.3. The topological polar surface area (TPSA) is 72.8 Å². The van der Waals surface area contributed by atoms with Gasteiger partial charge in [0.25, 0.3) is 0 Å². The van der Waals surface area contributed by atoms with Gasteiger partial charge in [0, 0.05) is 26.8 Å². The van der Waals surface area contributed by atoms with Crippen molar-refractivity contribution in [1.29, 1.82) is 0 Å². The summed E-state index contributed by atoms with van der Waals surface area (Å²) in [6.07, 6.45) is 1.79. The van der Waals surface area contributed by atoms with E-state index in [9.17, 15) is 5.11 Å². The minimum atomic E-state index is -0.940. The predicted octanol–water partition coefficient (Wildman–Crippen LogP) is 2.17.